The molecule has 124 valence electrons. The summed E-state index contributed by atoms with van der Waals surface area (Å²) >= 11 is 0. The molecule has 0 saturated carbocycles. The summed E-state index contributed by atoms with van der Waals surface area (Å²) in [6.07, 6.45) is 0.167. The fourth-order valence-corrected chi connectivity index (χ4v) is 2.89. The van der Waals surface area contributed by atoms with Crippen molar-refractivity contribution in [3.8, 4) is 0 Å². The topological polar surface area (TPSA) is 34.1 Å². The Kier molecular flexibility index (Phi) is 5.20. The van der Waals surface area contributed by atoms with Gasteiger partial charge in [0.2, 0.25) is 0 Å². The van der Waals surface area contributed by atoms with Gasteiger partial charge in [0.1, 0.15) is 0 Å². The molecule has 0 aliphatic carbocycles. The number of carbonyl (C=O) groups excluding carboxylic acids is 2. The minimum Gasteiger partial charge on any atom is -0.294 e. The minimum absolute atomic E-state index is 0.0181. The second-order valence-electron chi connectivity index (χ2n) is 6.19. The van der Waals surface area contributed by atoms with E-state index >= 15 is 0 Å². The van der Waals surface area contributed by atoms with E-state index in [2.05, 4.69) is 0 Å². The molecule has 2 heteroatoms. The molecule has 1 unspecified atom stereocenters. The number of benzene rings is 3. The van der Waals surface area contributed by atoms with Crippen molar-refractivity contribution in [3.63, 3.8) is 0 Å². The molecule has 3 rings (SSSR count). The van der Waals surface area contributed by atoms with Crippen LogP contribution in [0.3, 0.4) is 0 Å². The largest absolute Gasteiger partial charge is 0.294 e. The average Bonchev–Trinajstić information content (AvgIpc) is 2.67. The first-order valence-electron chi connectivity index (χ1n) is 8.39. The van der Waals surface area contributed by atoms with E-state index in [0.717, 1.165) is 11.1 Å². The van der Waals surface area contributed by atoms with Crippen LogP contribution in [-0.4, -0.2) is 11.6 Å². The summed E-state index contributed by atoms with van der Waals surface area (Å²) in [5.74, 6) is -0.512. The van der Waals surface area contributed by atoms with Gasteiger partial charge in [0.05, 0.1) is 5.92 Å². The summed E-state index contributed by atoms with van der Waals surface area (Å²) in [7, 11) is 0. The predicted octanol–water partition coefficient (Wildman–Crippen LogP) is 5.23. The lowest BCUT2D eigenvalue weighted by Crippen LogP contribution is -2.17. The smallest absolute Gasteiger partial charge is 0.170 e. The van der Waals surface area contributed by atoms with Crippen LogP contribution in [0.15, 0.2) is 84.9 Å². The first kappa shape index (κ1) is 16.8. The second kappa shape index (κ2) is 7.71. The van der Waals surface area contributed by atoms with E-state index in [9.17, 15) is 9.59 Å². The summed E-state index contributed by atoms with van der Waals surface area (Å²) in [6, 6.07) is 26.2. The van der Waals surface area contributed by atoms with Gasteiger partial charge in [0, 0.05) is 17.5 Å². The van der Waals surface area contributed by atoms with E-state index in [0.29, 0.717) is 11.1 Å². The zero-order valence-corrected chi connectivity index (χ0v) is 14.2. The highest BCUT2D eigenvalue weighted by Crippen LogP contribution is 2.26. The molecule has 25 heavy (non-hydrogen) atoms. The number of aryl methyl sites for hydroxylation is 1. The molecular weight excluding hydrogens is 308 g/mol. The van der Waals surface area contributed by atoms with E-state index < -0.39 is 5.92 Å². The van der Waals surface area contributed by atoms with Crippen LogP contribution in [-0.2, 0) is 0 Å². The van der Waals surface area contributed by atoms with Crippen molar-refractivity contribution in [1.29, 1.82) is 0 Å². The third-order valence-electron chi connectivity index (χ3n) is 4.34. The summed E-state index contributed by atoms with van der Waals surface area (Å²) < 4.78 is 0. The SMILES string of the molecule is Cc1ccc(C(=O)C(CC(=O)c2ccccc2)c2ccccc2)cc1. The fraction of sp³-hybridized carbons (Fsp3) is 0.130. The van der Waals surface area contributed by atoms with Crippen LogP contribution in [0.1, 0.15) is 44.2 Å². The lowest BCUT2D eigenvalue weighted by Gasteiger charge is -2.16. The molecule has 0 fully saturated rings. The van der Waals surface area contributed by atoms with Crippen molar-refractivity contribution >= 4 is 11.6 Å². The monoisotopic (exact) mass is 328 g/mol. The quantitative estimate of drug-likeness (QED) is 0.580. The molecular formula is C23H20O2. The summed E-state index contributed by atoms with van der Waals surface area (Å²) in [4.78, 5) is 25.7. The van der Waals surface area contributed by atoms with Gasteiger partial charge in [-0.3, -0.25) is 9.59 Å². The minimum atomic E-state index is -0.475. The third-order valence-corrected chi connectivity index (χ3v) is 4.34. The van der Waals surface area contributed by atoms with E-state index in [1.54, 1.807) is 12.1 Å². The van der Waals surface area contributed by atoms with E-state index in [4.69, 9.17) is 0 Å². The van der Waals surface area contributed by atoms with Gasteiger partial charge in [0.25, 0.3) is 0 Å². The standard InChI is InChI=1S/C23H20O2/c1-17-12-14-20(15-13-17)23(25)21(18-8-4-2-5-9-18)16-22(24)19-10-6-3-7-11-19/h2-15,21H,16H2,1H3. The van der Waals surface area contributed by atoms with Crippen LogP contribution < -0.4 is 0 Å². The molecule has 0 N–H and O–H groups in total. The Balaban J connectivity index is 1.91. The fourth-order valence-electron chi connectivity index (χ4n) is 2.89. The molecule has 0 heterocycles. The zero-order valence-electron chi connectivity index (χ0n) is 14.2. The Labute approximate surface area is 148 Å². The van der Waals surface area contributed by atoms with Crippen LogP contribution in [0.4, 0.5) is 0 Å². The molecule has 0 aliphatic rings. The van der Waals surface area contributed by atoms with Crippen molar-refractivity contribution in [2.75, 3.05) is 0 Å². The van der Waals surface area contributed by atoms with Crippen LogP contribution in [0.25, 0.3) is 0 Å². The molecule has 2 nitrogen and oxygen atoms in total. The molecule has 0 spiro atoms. The summed E-state index contributed by atoms with van der Waals surface area (Å²) in [5.41, 5.74) is 3.26. The zero-order chi connectivity index (χ0) is 17.6. The maximum absolute atomic E-state index is 13.1. The number of hydrogen-bond acceptors (Lipinski definition) is 2. The van der Waals surface area contributed by atoms with Crippen molar-refractivity contribution in [2.24, 2.45) is 0 Å². The number of rotatable bonds is 6. The third kappa shape index (κ3) is 4.10. The van der Waals surface area contributed by atoms with E-state index in [1.807, 2.05) is 79.7 Å². The van der Waals surface area contributed by atoms with E-state index in [-0.39, 0.29) is 18.0 Å². The first-order valence-corrected chi connectivity index (χ1v) is 8.39. The van der Waals surface area contributed by atoms with Crippen molar-refractivity contribution < 1.29 is 9.59 Å². The first-order chi connectivity index (χ1) is 12.1. The van der Waals surface area contributed by atoms with Crippen LogP contribution in [0, 0.1) is 6.92 Å². The number of Topliss-reactive ketones (excluding diaryl/α,β-unsaturated/α-hetero) is 2. The Hall–Kier alpha value is -3.00. The maximum atomic E-state index is 13.1. The number of ketones is 2. The van der Waals surface area contributed by atoms with Crippen LogP contribution >= 0.6 is 0 Å². The van der Waals surface area contributed by atoms with Gasteiger partial charge < -0.3 is 0 Å². The average molecular weight is 328 g/mol. The Morgan fingerprint density at radius 3 is 1.88 bits per heavy atom. The van der Waals surface area contributed by atoms with Gasteiger partial charge in [-0.15, -0.1) is 0 Å². The lowest BCUT2D eigenvalue weighted by molar-refractivity contribution is 0.0893. The normalized spacial score (nSPS) is 11.7. The lowest BCUT2D eigenvalue weighted by atomic mass is 9.85. The molecule has 3 aromatic rings. The molecule has 0 bridgehead atoms. The molecule has 3 aromatic carbocycles. The molecule has 0 radical (unpaired) electrons. The second-order valence-corrected chi connectivity index (χ2v) is 6.19. The van der Waals surface area contributed by atoms with Gasteiger partial charge in [-0.2, -0.15) is 0 Å². The molecule has 1 atom stereocenters. The molecule has 0 aromatic heterocycles. The summed E-state index contributed by atoms with van der Waals surface area (Å²) in [5, 5.41) is 0. The van der Waals surface area contributed by atoms with E-state index in [1.165, 1.54) is 0 Å². The van der Waals surface area contributed by atoms with Crippen LogP contribution in [0.5, 0.6) is 0 Å². The van der Waals surface area contributed by atoms with Crippen molar-refractivity contribution in [1.82, 2.24) is 0 Å². The Morgan fingerprint density at radius 2 is 1.28 bits per heavy atom. The predicted molar refractivity (Wildman–Crippen MR) is 100 cm³/mol. The van der Waals surface area contributed by atoms with Gasteiger partial charge in [-0.05, 0) is 12.5 Å². The van der Waals surface area contributed by atoms with Gasteiger partial charge in [0.15, 0.2) is 11.6 Å². The van der Waals surface area contributed by atoms with Gasteiger partial charge in [-0.25, -0.2) is 0 Å². The molecule has 0 aliphatic heterocycles. The van der Waals surface area contributed by atoms with Gasteiger partial charge in [-0.1, -0.05) is 90.5 Å². The number of hydrogen-bond donors (Lipinski definition) is 0. The highest BCUT2D eigenvalue weighted by molar-refractivity contribution is 6.06. The van der Waals surface area contributed by atoms with Gasteiger partial charge >= 0.3 is 0 Å². The highest BCUT2D eigenvalue weighted by Gasteiger charge is 2.25. The van der Waals surface area contributed by atoms with Crippen molar-refractivity contribution in [2.45, 2.75) is 19.3 Å². The Morgan fingerprint density at radius 1 is 0.720 bits per heavy atom. The summed E-state index contributed by atoms with van der Waals surface area (Å²) in [6.45, 7) is 1.99. The maximum Gasteiger partial charge on any atom is 0.170 e. The molecule has 0 amide bonds. The van der Waals surface area contributed by atoms with Crippen LogP contribution in [0.2, 0.25) is 0 Å². The molecule has 0 saturated heterocycles. The van der Waals surface area contributed by atoms with Crippen molar-refractivity contribution in [3.05, 3.63) is 107 Å². The highest BCUT2D eigenvalue weighted by atomic mass is 16.1. The number of carbonyl (C=O) groups is 2. The Bertz CT molecular complexity index is 850.